The second kappa shape index (κ2) is 11.5. The monoisotopic (exact) mass is 438 g/mol. The molecular formula is C17H35IN4O. The molecule has 2 aliphatic heterocycles. The lowest BCUT2D eigenvalue weighted by molar-refractivity contribution is 0.00391. The van der Waals surface area contributed by atoms with Crippen LogP contribution in [0.5, 0.6) is 0 Å². The molecule has 23 heavy (non-hydrogen) atoms. The standard InChI is InChI=1S/C17H34N4O.HI/c1-3-15(4-2)16(20-10-12-22-13-11-20)14-19-17(18)21-8-6-5-7-9-21;/h15-16H,3-14H2,1-2H3,(H2,18,19);1H. The third-order valence-electron chi connectivity index (χ3n) is 5.23. The van der Waals surface area contributed by atoms with Gasteiger partial charge in [-0.05, 0) is 25.2 Å². The van der Waals surface area contributed by atoms with Crippen molar-refractivity contribution < 1.29 is 4.74 Å². The Kier molecular flexibility index (Phi) is 10.5. The number of hydrogen-bond acceptors (Lipinski definition) is 3. The fourth-order valence-corrected chi connectivity index (χ4v) is 3.71. The van der Waals surface area contributed by atoms with Crippen molar-refractivity contribution in [1.29, 1.82) is 0 Å². The number of nitrogens with two attached hydrogens (primary N) is 1. The van der Waals surface area contributed by atoms with Gasteiger partial charge in [-0.25, -0.2) is 0 Å². The van der Waals surface area contributed by atoms with Crippen LogP contribution in [-0.2, 0) is 4.74 Å². The van der Waals surface area contributed by atoms with Gasteiger partial charge in [0.2, 0.25) is 0 Å². The van der Waals surface area contributed by atoms with Crippen LogP contribution in [0.15, 0.2) is 4.99 Å². The van der Waals surface area contributed by atoms with Crippen molar-refractivity contribution >= 4 is 29.9 Å². The highest BCUT2D eigenvalue weighted by Crippen LogP contribution is 2.20. The van der Waals surface area contributed by atoms with E-state index in [4.69, 9.17) is 15.5 Å². The zero-order valence-corrected chi connectivity index (χ0v) is 17.2. The van der Waals surface area contributed by atoms with E-state index in [0.29, 0.717) is 12.0 Å². The second-order valence-electron chi connectivity index (χ2n) is 6.54. The minimum absolute atomic E-state index is 0. The summed E-state index contributed by atoms with van der Waals surface area (Å²) in [5.41, 5.74) is 6.24. The van der Waals surface area contributed by atoms with Gasteiger partial charge in [0.05, 0.1) is 19.8 Å². The van der Waals surface area contributed by atoms with Crippen LogP contribution in [-0.4, -0.2) is 67.7 Å². The van der Waals surface area contributed by atoms with E-state index in [-0.39, 0.29) is 24.0 Å². The number of piperidine rings is 1. The van der Waals surface area contributed by atoms with Crippen LogP contribution >= 0.6 is 24.0 Å². The molecule has 0 bridgehead atoms. The molecule has 5 nitrogen and oxygen atoms in total. The molecule has 2 rings (SSSR count). The first kappa shape index (κ1) is 21.0. The molecule has 2 heterocycles. The Morgan fingerprint density at radius 1 is 1.04 bits per heavy atom. The summed E-state index contributed by atoms with van der Waals surface area (Å²) in [4.78, 5) is 9.60. The SMILES string of the molecule is CCC(CC)C(CN=C(N)N1CCCCC1)N1CCOCC1.I. The molecule has 0 saturated carbocycles. The van der Waals surface area contributed by atoms with Crippen molar-refractivity contribution in [1.82, 2.24) is 9.80 Å². The summed E-state index contributed by atoms with van der Waals surface area (Å²) >= 11 is 0. The summed E-state index contributed by atoms with van der Waals surface area (Å²) in [5.74, 6) is 1.44. The van der Waals surface area contributed by atoms with Crippen molar-refractivity contribution in [3.05, 3.63) is 0 Å². The lowest BCUT2D eigenvalue weighted by Gasteiger charge is -2.38. The maximum Gasteiger partial charge on any atom is 0.191 e. The highest BCUT2D eigenvalue weighted by Gasteiger charge is 2.27. The Morgan fingerprint density at radius 3 is 2.22 bits per heavy atom. The topological polar surface area (TPSA) is 54.1 Å². The Labute approximate surface area is 159 Å². The van der Waals surface area contributed by atoms with Crippen molar-refractivity contribution in [2.45, 2.75) is 52.0 Å². The maximum atomic E-state index is 6.24. The van der Waals surface area contributed by atoms with Crippen LogP contribution < -0.4 is 5.73 Å². The summed E-state index contributed by atoms with van der Waals surface area (Å²) < 4.78 is 5.51. The van der Waals surface area contributed by atoms with Crippen LogP contribution in [0, 0.1) is 5.92 Å². The highest BCUT2D eigenvalue weighted by atomic mass is 127. The van der Waals surface area contributed by atoms with E-state index < -0.39 is 0 Å². The molecule has 136 valence electrons. The zero-order valence-electron chi connectivity index (χ0n) is 14.9. The molecule has 2 N–H and O–H groups in total. The van der Waals surface area contributed by atoms with Gasteiger partial charge in [-0.2, -0.15) is 0 Å². The zero-order chi connectivity index (χ0) is 15.8. The lowest BCUT2D eigenvalue weighted by atomic mass is 9.92. The number of guanidine groups is 1. The van der Waals surface area contributed by atoms with Gasteiger partial charge in [-0.3, -0.25) is 9.89 Å². The largest absolute Gasteiger partial charge is 0.379 e. The average Bonchev–Trinajstić information content (AvgIpc) is 2.60. The van der Waals surface area contributed by atoms with Crippen LogP contribution in [0.4, 0.5) is 0 Å². The summed E-state index contributed by atoms with van der Waals surface area (Å²) in [6, 6.07) is 0.502. The predicted octanol–water partition coefficient (Wildman–Crippen LogP) is 2.54. The number of rotatable bonds is 6. The molecule has 0 aliphatic carbocycles. The molecule has 0 amide bonds. The average molecular weight is 438 g/mol. The Morgan fingerprint density at radius 2 is 1.65 bits per heavy atom. The van der Waals surface area contributed by atoms with Crippen LogP contribution in [0.3, 0.4) is 0 Å². The van der Waals surface area contributed by atoms with Gasteiger partial charge in [-0.15, -0.1) is 24.0 Å². The predicted molar refractivity (Wildman–Crippen MR) is 108 cm³/mol. The van der Waals surface area contributed by atoms with Gasteiger partial charge < -0.3 is 15.4 Å². The molecule has 2 fully saturated rings. The molecule has 0 spiro atoms. The normalized spacial score (nSPS) is 22.0. The van der Waals surface area contributed by atoms with Gasteiger partial charge in [0, 0.05) is 32.2 Å². The molecule has 0 aromatic carbocycles. The van der Waals surface area contributed by atoms with E-state index >= 15 is 0 Å². The smallest absolute Gasteiger partial charge is 0.191 e. The first-order valence-corrected chi connectivity index (χ1v) is 9.12. The first-order valence-electron chi connectivity index (χ1n) is 9.12. The van der Waals surface area contributed by atoms with Crippen molar-refractivity contribution in [3.8, 4) is 0 Å². The third-order valence-corrected chi connectivity index (χ3v) is 5.23. The highest BCUT2D eigenvalue weighted by molar-refractivity contribution is 14.0. The summed E-state index contributed by atoms with van der Waals surface area (Å²) in [6.07, 6.45) is 6.23. The van der Waals surface area contributed by atoms with Gasteiger partial charge in [0.1, 0.15) is 0 Å². The Hall–Kier alpha value is -0.0800. The Balaban J connectivity index is 0.00000264. The number of aliphatic imine (C=N–C) groups is 1. The minimum atomic E-state index is 0. The molecule has 0 aromatic rings. The van der Waals surface area contributed by atoms with Crippen LogP contribution in [0.1, 0.15) is 46.0 Å². The number of halogens is 1. The van der Waals surface area contributed by atoms with E-state index in [1.54, 1.807) is 0 Å². The summed E-state index contributed by atoms with van der Waals surface area (Å²) in [6.45, 7) is 11.3. The molecule has 2 saturated heterocycles. The molecule has 6 heteroatoms. The van der Waals surface area contributed by atoms with Gasteiger partial charge in [0.15, 0.2) is 5.96 Å². The summed E-state index contributed by atoms with van der Waals surface area (Å²) in [7, 11) is 0. The molecule has 1 atom stereocenters. The molecular weight excluding hydrogens is 403 g/mol. The van der Waals surface area contributed by atoms with Gasteiger partial charge in [0.25, 0.3) is 0 Å². The van der Waals surface area contributed by atoms with Crippen LogP contribution in [0.25, 0.3) is 0 Å². The van der Waals surface area contributed by atoms with E-state index in [1.165, 1.54) is 32.1 Å². The quantitative estimate of drug-likeness (QED) is 0.394. The number of nitrogens with zero attached hydrogens (tertiary/aromatic N) is 3. The van der Waals surface area contributed by atoms with E-state index in [0.717, 1.165) is 51.9 Å². The van der Waals surface area contributed by atoms with Gasteiger partial charge >= 0.3 is 0 Å². The first-order chi connectivity index (χ1) is 10.8. The Bertz CT molecular complexity index is 337. The van der Waals surface area contributed by atoms with Crippen molar-refractivity contribution in [2.75, 3.05) is 45.9 Å². The van der Waals surface area contributed by atoms with Crippen molar-refractivity contribution in [2.24, 2.45) is 16.6 Å². The fourth-order valence-electron chi connectivity index (χ4n) is 3.71. The van der Waals surface area contributed by atoms with E-state index in [9.17, 15) is 0 Å². The lowest BCUT2D eigenvalue weighted by Crippen LogP contribution is -2.49. The molecule has 2 aliphatic rings. The number of ether oxygens (including phenoxy) is 1. The van der Waals surface area contributed by atoms with Gasteiger partial charge in [-0.1, -0.05) is 26.7 Å². The molecule has 0 radical (unpaired) electrons. The number of hydrogen-bond donors (Lipinski definition) is 1. The molecule has 1 unspecified atom stereocenters. The summed E-state index contributed by atoms with van der Waals surface area (Å²) in [5, 5.41) is 0. The minimum Gasteiger partial charge on any atom is -0.379 e. The fraction of sp³-hybridized carbons (Fsp3) is 0.941. The number of likely N-dealkylation sites (tertiary alicyclic amines) is 1. The van der Waals surface area contributed by atoms with E-state index in [2.05, 4.69) is 23.6 Å². The van der Waals surface area contributed by atoms with Crippen LogP contribution in [0.2, 0.25) is 0 Å². The number of morpholine rings is 1. The van der Waals surface area contributed by atoms with Crippen molar-refractivity contribution in [3.63, 3.8) is 0 Å². The second-order valence-corrected chi connectivity index (χ2v) is 6.54. The maximum absolute atomic E-state index is 6.24. The molecule has 0 aromatic heterocycles. The van der Waals surface area contributed by atoms with E-state index in [1.807, 2.05) is 0 Å². The third kappa shape index (κ3) is 6.38.